The van der Waals surface area contributed by atoms with Crippen molar-refractivity contribution in [2.75, 3.05) is 7.05 Å². The molecule has 1 aliphatic rings. The number of likely N-dealkylation sites (N-methyl/N-ethyl adjacent to an activating group) is 1. The van der Waals surface area contributed by atoms with Crippen molar-refractivity contribution in [1.29, 1.82) is 0 Å². The van der Waals surface area contributed by atoms with Crippen molar-refractivity contribution in [2.45, 2.75) is 57.8 Å². The van der Waals surface area contributed by atoms with E-state index >= 15 is 0 Å². The molecule has 1 N–H and O–H groups in total. The summed E-state index contributed by atoms with van der Waals surface area (Å²) in [4.78, 5) is 4.32. The number of nitrogens with one attached hydrogen (secondary N) is 1. The lowest BCUT2D eigenvalue weighted by atomic mass is 9.92. The monoisotopic (exact) mass is 264 g/mol. The van der Waals surface area contributed by atoms with Gasteiger partial charge < -0.3 is 14.8 Å². The first kappa shape index (κ1) is 14.1. The predicted molar refractivity (Wildman–Crippen MR) is 75.7 cm³/mol. The Balaban J connectivity index is 2.08. The second kappa shape index (κ2) is 6.75. The molecule has 2 unspecified atom stereocenters. The summed E-state index contributed by atoms with van der Waals surface area (Å²) in [5.74, 6) is 1.35. The first-order chi connectivity index (χ1) is 9.20. The Morgan fingerprint density at radius 1 is 1.32 bits per heavy atom. The van der Waals surface area contributed by atoms with E-state index in [-0.39, 0.29) is 12.2 Å². The summed E-state index contributed by atoms with van der Waals surface area (Å²) in [7, 11) is 2.00. The molecule has 1 aliphatic carbocycles. The highest BCUT2D eigenvalue weighted by Gasteiger charge is 2.26. The van der Waals surface area contributed by atoms with Crippen molar-refractivity contribution in [3.8, 4) is 11.6 Å². The van der Waals surface area contributed by atoms with Crippen LogP contribution in [0.4, 0.5) is 0 Å². The predicted octanol–water partition coefficient (Wildman–Crippen LogP) is 2.78. The van der Waals surface area contributed by atoms with E-state index in [1.54, 1.807) is 6.20 Å². The molecule has 0 aromatic carbocycles. The van der Waals surface area contributed by atoms with Gasteiger partial charge >= 0.3 is 0 Å². The Labute approximate surface area is 115 Å². The van der Waals surface area contributed by atoms with Crippen LogP contribution >= 0.6 is 0 Å². The van der Waals surface area contributed by atoms with E-state index in [9.17, 15) is 0 Å². The second-order valence-corrected chi connectivity index (χ2v) is 5.31. The van der Waals surface area contributed by atoms with Crippen LogP contribution in [0.15, 0.2) is 18.3 Å². The first-order valence-corrected chi connectivity index (χ1v) is 7.16. The molecule has 0 amide bonds. The maximum absolute atomic E-state index is 6.09. The van der Waals surface area contributed by atoms with Crippen LogP contribution in [0.5, 0.6) is 11.6 Å². The Hall–Kier alpha value is -1.29. The van der Waals surface area contributed by atoms with Gasteiger partial charge in [-0.2, -0.15) is 0 Å². The molecule has 1 heterocycles. The highest BCUT2D eigenvalue weighted by Crippen LogP contribution is 2.29. The first-order valence-electron chi connectivity index (χ1n) is 7.16. The molecule has 106 valence electrons. The van der Waals surface area contributed by atoms with Crippen molar-refractivity contribution in [3.63, 3.8) is 0 Å². The maximum atomic E-state index is 6.09. The molecule has 0 bridgehead atoms. The van der Waals surface area contributed by atoms with Gasteiger partial charge in [0.25, 0.3) is 5.88 Å². The van der Waals surface area contributed by atoms with Gasteiger partial charge in [0.1, 0.15) is 6.10 Å². The lowest BCUT2D eigenvalue weighted by molar-refractivity contribution is 0.104. The fourth-order valence-electron chi connectivity index (χ4n) is 2.52. The number of nitrogens with zero attached hydrogens (tertiary/aromatic N) is 1. The topological polar surface area (TPSA) is 43.4 Å². The molecule has 1 aromatic rings. The Morgan fingerprint density at radius 2 is 2.11 bits per heavy atom. The summed E-state index contributed by atoms with van der Waals surface area (Å²) in [5, 5.41) is 3.34. The quantitative estimate of drug-likeness (QED) is 0.888. The van der Waals surface area contributed by atoms with E-state index in [1.165, 1.54) is 12.8 Å². The van der Waals surface area contributed by atoms with Gasteiger partial charge in [-0.1, -0.05) is 6.42 Å². The average molecular weight is 264 g/mol. The molecule has 4 nitrogen and oxygen atoms in total. The van der Waals surface area contributed by atoms with Crippen LogP contribution in [0, 0.1) is 0 Å². The maximum Gasteiger partial charge on any atom is 0.257 e. The lowest BCUT2D eigenvalue weighted by Gasteiger charge is -2.31. The van der Waals surface area contributed by atoms with E-state index in [1.807, 2.05) is 33.0 Å². The molecule has 19 heavy (non-hydrogen) atoms. The number of pyridine rings is 1. The van der Waals surface area contributed by atoms with E-state index in [2.05, 4.69) is 10.3 Å². The summed E-state index contributed by atoms with van der Waals surface area (Å²) in [6, 6.07) is 4.20. The Bertz CT molecular complexity index is 395. The van der Waals surface area contributed by atoms with Gasteiger partial charge in [-0.05, 0) is 52.3 Å². The molecule has 0 radical (unpaired) electrons. The van der Waals surface area contributed by atoms with Crippen LogP contribution in [0.2, 0.25) is 0 Å². The minimum Gasteiger partial charge on any atom is -0.485 e. The molecule has 2 rings (SSSR count). The van der Waals surface area contributed by atoms with Gasteiger partial charge in [0.2, 0.25) is 0 Å². The summed E-state index contributed by atoms with van der Waals surface area (Å²) >= 11 is 0. The fourth-order valence-corrected chi connectivity index (χ4v) is 2.52. The summed E-state index contributed by atoms with van der Waals surface area (Å²) in [5.41, 5.74) is 0. The number of hydrogen-bond donors (Lipinski definition) is 1. The van der Waals surface area contributed by atoms with Crippen LogP contribution in [0.3, 0.4) is 0 Å². The number of ether oxygens (including phenoxy) is 2. The van der Waals surface area contributed by atoms with E-state index in [0.29, 0.717) is 11.9 Å². The molecule has 1 saturated carbocycles. The molecular weight excluding hydrogens is 240 g/mol. The molecule has 2 atom stereocenters. The zero-order valence-electron chi connectivity index (χ0n) is 12.1. The smallest absolute Gasteiger partial charge is 0.257 e. The third-order valence-corrected chi connectivity index (χ3v) is 3.44. The Kier molecular flexibility index (Phi) is 5.02. The van der Waals surface area contributed by atoms with E-state index in [4.69, 9.17) is 9.47 Å². The van der Waals surface area contributed by atoms with Crippen LogP contribution in [-0.4, -0.2) is 30.3 Å². The largest absolute Gasteiger partial charge is 0.485 e. The summed E-state index contributed by atoms with van der Waals surface area (Å²) in [6.45, 7) is 4.02. The molecular formula is C15H24N2O2. The van der Waals surface area contributed by atoms with Gasteiger partial charge in [-0.15, -0.1) is 0 Å². The van der Waals surface area contributed by atoms with Crippen LogP contribution in [0.25, 0.3) is 0 Å². The minimum atomic E-state index is 0.123. The number of rotatable bonds is 5. The third-order valence-electron chi connectivity index (χ3n) is 3.44. The fraction of sp³-hybridized carbons (Fsp3) is 0.667. The zero-order valence-corrected chi connectivity index (χ0v) is 12.1. The molecule has 1 aromatic heterocycles. The number of aromatic nitrogens is 1. The molecule has 0 aliphatic heterocycles. The minimum absolute atomic E-state index is 0.123. The van der Waals surface area contributed by atoms with E-state index in [0.717, 1.165) is 18.6 Å². The van der Waals surface area contributed by atoms with Gasteiger partial charge in [-0.25, -0.2) is 4.98 Å². The number of hydrogen-bond acceptors (Lipinski definition) is 4. The van der Waals surface area contributed by atoms with Crippen molar-refractivity contribution in [1.82, 2.24) is 10.3 Å². The SMILES string of the molecule is CNC1CCCCC1Oc1ncccc1OC(C)C. The van der Waals surface area contributed by atoms with Crippen molar-refractivity contribution in [2.24, 2.45) is 0 Å². The molecule has 0 spiro atoms. The molecule has 1 fully saturated rings. The lowest BCUT2D eigenvalue weighted by Crippen LogP contribution is -2.43. The van der Waals surface area contributed by atoms with Crippen LogP contribution in [-0.2, 0) is 0 Å². The normalized spacial score (nSPS) is 23.4. The Morgan fingerprint density at radius 3 is 2.84 bits per heavy atom. The average Bonchev–Trinajstić information content (AvgIpc) is 2.41. The molecule has 0 saturated heterocycles. The van der Waals surface area contributed by atoms with Crippen molar-refractivity contribution in [3.05, 3.63) is 18.3 Å². The van der Waals surface area contributed by atoms with Gasteiger partial charge in [0, 0.05) is 12.2 Å². The van der Waals surface area contributed by atoms with E-state index < -0.39 is 0 Å². The summed E-state index contributed by atoms with van der Waals surface area (Å²) < 4.78 is 11.8. The summed E-state index contributed by atoms with van der Waals surface area (Å²) in [6.07, 6.45) is 6.78. The van der Waals surface area contributed by atoms with Gasteiger partial charge in [0.15, 0.2) is 5.75 Å². The van der Waals surface area contributed by atoms with Crippen molar-refractivity contribution < 1.29 is 9.47 Å². The standard InChI is InChI=1S/C15H24N2O2/c1-11(2)18-14-9-6-10-17-15(14)19-13-8-5-4-7-12(13)16-3/h6,9-13,16H,4-5,7-8H2,1-3H3. The van der Waals surface area contributed by atoms with Gasteiger partial charge in [0.05, 0.1) is 6.10 Å². The van der Waals surface area contributed by atoms with Crippen LogP contribution < -0.4 is 14.8 Å². The zero-order chi connectivity index (χ0) is 13.7. The second-order valence-electron chi connectivity index (χ2n) is 5.31. The van der Waals surface area contributed by atoms with Crippen LogP contribution in [0.1, 0.15) is 39.5 Å². The molecule has 4 heteroatoms. The highest BCUT2D eigenvalue weighted by molar-refractivity contribution is 5.33. The highest BCUT2D eigenvalue weighted by atomic mass is 16.5. The van der Waals surface area contributed by atoms with Gasteiger partial charge in [-0.3, -0.25) is 0 Å². The third kappa shape index (κ3) is 3.83. The van der Waals surface area contributed by atoms with Crippen molar-refractivity contribution >= 4 is 0 Å².